The van der Waals surface area contributed by atoms with Crippen molar-refractivity contribution < 1.29 is 0 Å². The van der Waals surface area contributed by atoms with Gasteiger partial charge in [0.15, 0.2) is 0 Å². The van der Waals surface area contributed by atoms with E-state index in [0.717, 1.165) is 24.2 Å². The molecule has 3 rings (SSSR count). The standard InChI is InChI=1S/C13H17ClS/c14-12(7-9-5-6-15-8-9)13-10-3-1-2-4-11(10)13/h5-6,8,10-13H,1-4,7H2. The third-order valence-electron chi connectivity index (χ3n) is 4.15. The van der Waals surface area contributed by atoms with Gasteiger partial charge >= 0.3 is 0 Å². The summed E-state index contributed by atoms with van der Waals surface area (Å²) in [7, 11) is 0. The summed E-state index contributed by atoms with van der Waals surface area (Å²) in [5.74, 6) is 2.81. The Kier molecular flexibility index (Phi) is 2.78. The highest BCUT2D eigenvalue weighted by atomic mass is 35.5. The van der Waals surface area contributed by atoms with Crippen LogP contribution in [0.15, 0.2) is 16.8 Å². The molecule has 0 nitrogen and oxygen atoms in total. The van der Waals surface area contributed by atoms with E-state index in [1.54, 1.807) is 11.3 Å². The van der Waals surface area contributed by atoms with Crippen LogP contribution in [0, 0.1) is 17.8 Å². The summed E-state index contributed by atoms with van der Waals surface area (Å²) in [6.07, 6.45) is 6.87. The van der Waals surface area contributed by atoms with Crippen LogP contribution in [0.25, 0.3) is 0 Å². The lowest BCUT2D eigenvalue weighted by atomic mass is 10.0. The van der Waals surface area contributed by atoms with Gasteiger partial charge in [0.05, 0.1) is 0 Å². The summed E-state index contributed by atoms with van der Waals surface area (Å²) in [5.41, 5.74) is 1.43. The highest BCUT2D eigenvalue weighted by molar-refractivity contribution is 7.07. The van der Waals surface area contributed by atoms with Crippen molar-refractivity contribution in [3.8, 4) is 0 Å². The fourth-order valence-electron chi connectivity index (χ4n) is 3.35. The maximum absolute atomic E-state index is 6.55. The highest BCUT2D eigenvalue weighted by Crippen LogP contribution is 2.58. The van der Waals surface area contributed by atoms with Crippen molar-refractivity contribution in [2.24, 2.45) is 17.8 Å². The van der Waals surface area contributed by atoms with Crippen LogP contribution in [0.2, 0.25) is 0 Å². The molecule has 0 N–H and O–H groups in total. The first-order valence-corrected chi connectivity index (χ1v) is 7.39. The predicted octanol–water partition coefficient (Wildman–Crippen LogP) is 4.33. The summed E-state index contributed by atoms with van der Waals surface area (Å²) in [5, 5.41) is 4.79. The molecule has 1 aromatic heterocycles. The van der Waals surface area contributed by atoms with Crippen LogP contribution in [0.1, 0.15) is 31.2 Å². The Morgan fingerprint density at radius 3 is 2.67 bits per heavy atom. The van der Waals surface area contributed by atoms with Gasteiger partial charge in [0.2, 0.25) is 0 Å². The molecule has 2 saturated carbocycles. The molecule has 0 saturated heterocycles. The lowest BCUT2D eigenvalue weighted by molar-refractivity contribution is 0.480. The van der Waals surface area contributed by atoms with Gasteiger partial charge in [0, 0.05) is 5.38 Å². The molecule has 2 heteroatoms. The molecule has 3 unspecified atom stereocenters. The van der Waals surface area contributed by atoms with Gasteiger partial charge in [-0.2, -0.15) is 11.3 Å². The average Bonchev–Trinajstić information content (AvgIpc) is 2.77. The Hall–Kier alpha value is -0.0100. The number of rotatable bonds is 3. The summed E-state index contributed by atoms with van der Waals surface area (Å²) in [4.78, 5) is 0. The van der Waals surface area contributed by atoms with Gasteiger partial charge in [-0.3, -0.25) is 0 Å². The zero-order valence-corrected chi connectivity index (χ0v) is 10.4. The number of fused-ring (bicyclic) bond motifs is 1. The minimum absolute atomic E-state index is 0.396. The molecule has 2 aliphatic carbocycles. The number of hydrogen-bond donors (Lipinski definition) is 0. The molecule has 1 heterocycles. The van der Waals surface area contributed by atoms with E-state index < -0.39 is 0 Å². The van der Waals surface area contributed by atoms with Crippen LogP contribution < -0.4 is 0 Å². The lowest BCUT2D eigenvalue weighted by Crippen LogP contribution is -2.07. The topological polar surface area (TPSA) is 0 Å². The second kappa shape index (κ2) is 4.10. The van der Waals surface area contributed by atoms with Crippen molar-refractivity contribution in [2.75, 3.05) is 0 Å². The van der Waals surface area contributed by atoms with Crippen LogP contribution >= 0.6 is 22.9 Å². The van der Waals surface area contributed by atoms with Crippen molar-refractivity contribution >= 4 is 22.9 Å². The number of halogens is 1. The molecule has 82 valence electrons. The second-order valence-corrected chi connectivity index (χ2v) is 6.38. The third kappa shape index (κ3) is 1.97. The van der Waals surface area contributed by atoms with Crippen LogP contribution in [0.3, 0.4) is 0 Å². The molecule has 3 atom stereocenters. The first-order chi connectivity index (χ1) is 7.36. The molecule has 0 aromatic carbocycles. The van der Waals surface area contributed by atoms with Gasteiger partial charge in [-0.15, -0.1) is 11.6 Å². The Morgan fingerprint density at radius 1 is 1.33 bits per heavy atom. The Bertz CT molecular complexity index is 307. The predicted molar refractivity (Wildman–Crippen MR) is 66.6 cm³/mol. The van der Waals surface area contributed by atoms with E-state index in [0.29, 0.717) is 5.38 Å². The van der Waals surface area contributed by atoms with Crippen LogP contribution in [-0.2, 0) is 6.42 Å². The zero-order valence-electron chi connectivity index (χ0n) is 8.86. The van der Waals surface area contributed by atoms with E-state index in [1.165, 1.54) is 31.2 Å². The largest absolute Gasteiger partial charge is 0.152 e. The molecule has 0 amide bonds. The van der Waals surface area contributed by atoms with E-state index in [9.17, 15) is 0 Å². The van der Waals surface area contributed by atoms with Crippen LogP contribution in [0.5, 0.6) is 0 Å². The Morgan fingerprint density at radius 2 is 2.07 bits per heavy atom. The van der Waals surface area contributed by atoms with Crippen molar-refractivity contribution in [1.29, 1.82) is 0 Å². The van der Waals surface area contributed by atoms with Gasteiger partial charge in [0.25, 0.3) is 0 Å². The quantitative estimate of drug-likeness (QED) is 0.690. The maximum atomic E-state index is 6.55. The number of hydrogen-bond acceptors (Lipinski definition) is 1. The van der Waals surface area contributed by atoms with E-state index in [4.69, 9.17) is 11.6 Å². The molecule has 0 radical (unpaired) electrons. The van der Waals surface area contributed by atoms with Crippen LogP contribution in [0.4, 0.5) is 0 Å². The zero-order chi connectivity index (χ0) is 10.3. The molecule has 15 heavy (non-hydrogen) atoms. The fraction of sp³-hybridized carbons (Fsp3) is 0.692. The van der Waals surface area contributed by atoms with Gasteiger partial charge in [-0.25, -0.2) is 0 Å². The average molecular weight is 241 g/mol. The van der Waals surface area contributed by atoms with Crippen LogP contribution in [-0.4, -0.2) is 5.38 Å². The van der Waals surface area contributed by atoms with E-state index in [1.807, 2.05) is 0 Å². The molecular formula is C13H17ClS. The van der Waals surface area contributed by atoms with Crippen molar-refractivity contribution in [2.45, 2.75) is 37.5 Å². The molecule has 0 spiro atoms. The molecule has 0 aliphatic heterocycles. The minimum Gasteiger partial charge on any atom is -0.152 e. The second-order valence-electron chi connectivity index (χ2n) is 5.04. The fourth-order valence-corrected chi connectivity index (χ4v) is 4.59. The number of thiophene rings is 1. The minimum atomic E-state index is 0.396. The van der Waals surface area contributed by atoms with Crippen molar-refractivity contribution in [3.05, 3.63) is 22.4 Å². The van der Waals surface area contributed by atoms with Gasteiger partial charge < -0.3 is 0 Å². The van der Waals surface area contributed by atoms with Gasteiger partial charge in [-0.05, 0) is 59.4 Å². The summed E-state index contributed by atoms with van der Waals surface area (Å²) in [6, 6.07) is 2.21. The summed E-state index contributed by atoms with van der Waals surface area (Å²) >= 11 is 8.33. The summed E-state index contributed by atoms with van der Waals surface area (Å²) < 4.78 is 0. The molecule has 1 aromatic rings. The number of alkyl halides is 1. The third-order valence-corrected chi connectivity index (χ3v) is 5.33. The smallest absolute Gasteiger partial charge is 0.0410 e. The normalized spacial score (nSPS) is 35.9. The van der Waals surface area contributed by atoms with Crippen molar-refractivity contribution in [1.82, 2.24) is 0 Å². The van der Waals surface area contributed by atoms with Crippen molar-refractivity contribution in [3.63, 3.8) is 0 Å². The molecule has 2 aliphatic rings. The lowest BCUT2D eigenvalue weighted by Gasteiger charge is -2.07. The maximum Gasteiger partial charge on any atom is 0.0410 e. The highest BCUT2D eigenvalue weighted by Gasteiger charge is 2.53. The van der Waals surface area contributed by atoms with E-state index >= 15 is 0 Å². The molecular weight excluding hydrogens is 224 g/mol. The first kappa shape index (κ1) is 10.2. The van der Waals surface area contributed by atoms with Gasteiger partial charge in [0.1, 0.15) is 0 Å². The SMILES string of the molecule is ClC(Cc1ccsc1)C1C2CCCCC21. The monoisotopic (exact) mass is 240 g/mol. The Balaban J connectivity index is 1.59. The van der Waals surface area contributed by atoms with E-state index in [-0.39, 0.29) is 0 Å². The molecule has 0 bridgehead atoms. The summed E-state index contributed by atoms with van der Waals surface area (Å²) in [6.45, 7) is 0. The Labute approximate surface area is 101 Å². The van der Waals surface area contributed by atoms with E-state index in [2.05, 4.69) is 16.8 Å². The van der Waals surface area contributed by atoms with Gasteiger partial charge in [-0.1, -0.05) is 12.8 Å². The molecule has 2 fully saturated rings. The first-order valence-electron chi connectivity index (χ1n) is 6.01.